The first-order valence-electron chi connectivity index (χ1n) is 4.63. The zero-order valence-corrected chi connectivity index (χ0v) is 9.89. The maximum absolute atomic E-state index is 5.16. The van der Waals surface area contributed by atoms with Crippen LogP contribution in [-0.2, 0) is 6.54 Å². The SMILES string of the molecule is C#CCCNCc1ccc(C)cc1Br. The molecule has 0 saturated heterocycles. The summed E-state index contributed by atoms with van der Waals surface area (Å²) in [7, 11) is 0. The molecule has 0 amide bonds. The van der Waals surface area contributed by atoms with Crippen LogP contribution in [0.25, 0.3) is 0 Å². The molecule has 0 saturated carbocycles. The summed E-state index contributed by atoms with van der Waals surface area (Å²) >= 11 is 3.54. The minimum atomic E-state index is 0.781. The molecule has 74 valence electrons. The molecule has 0 radical (unpaired) electrons. The highest BCUT2D eigenvalue weighted by atomic mass is 79.9. The van der Waals surface area contributed by atoms with E-state index in [0.29, 0.717) is 0 Å². The fourth-order valence-corrected chi connectivity index (χ4v) is 1.81. The fourth-order valence-electron chi connectivity index (χ4n) is 1.18. The summed E-state index contributed by atoms with van der Waals surface area (Å²) in [5, 5.41) is 3.29. The average Bonchev–Trinajstić information content (AvgIpc) is 2.15. The number of hydrogen-bond donors (Lipinski definition) is 1. The van der Waals surface area contributed by atoms with Crippen LogP contribution in [0.1, 0.15) is 17.5 Å². The molecule has 1 aromatic carbocycles. The van der Waals surface area contributed by atoms with E-state index in [-0.39, 0.29) is 0 Å². The number of aryl methyl sites for hydroxylation is 1. The molecule has 0 aliphatic carbocycles. The van der Waals surface area contributed by atoms with Crippen molar-refractivity contribution in [1.82, 2.24) is 5.32 Å². The van der Waals surface area contributed by atoms with Crippen LogP contribution in [0.15, 0.2) is 22.7 Å². The van der Waals surface area contributed by atoms with Gasteiger partial charge in [-0.25, -0.2) is 0 Å². The molecule has 1 nitrogen and oxygen atoms in total. The van der Waals surface area contributed by atoms with Crippen molar-refractivity contribution < 1.29 is 0 Å². The summed E-state index contributed by atoms with van der Waals surface area (Å²) in [5.41, 5.74) is 2.54. The maximum atomic E-state index is 5.16. The van der Waals surface area contributed by atoms with E-state index in [0.717, 1.165) is 24.0 Å². The van der Waals surface area contributed by atoms with Crippen LogP contribution < -0.4 is 5.32 Å². The Morgan fingerprint density at radius 1 is 1.50 bits per heavy atom. The molecule has 0 bridgehead atoms. The van der Waals surface area contributed by atoms with Crippen LogP contribution in [0.4, 0.5) is 0 Å². The first kappa shape index (κ1) is 11.3. The number of terminal acetylenes is 1. The molecular weight excluding hydrogens is 238 g/mol. The van der Waals surface area contributed by atoms with Crippen LogP contribution >= 0.6 is 15.9 Å². The summed E-state index contributed by atoms with van der Waals surface area (Å²) in [6, 6.07) is 6.36. The quantitative estimate of drug-likeness (QED) is 0.641. The second-order valence-corrected chi connectivity index (χ2v) is 4.08. The van der Waals surface area contributed by atoms with E-state index < -0.39 is 0 Å². The van der Waals surface area contributed by atoms with Gasteiger partial charge >= 0.3 is 0 Å². The monoisotopic (exact) mass is 251 g/mol. The molecule has 0 heterocycles. The molecule has 0 aliphatic heterocycles. The maximum Gasteiger partial charge on any atom is 0.0222 e. The van der Waals surface area contributed by atoms with Gasteiger partial charge in [0.05, 0.1) is 0 Å². The van der Waals surface area contributed by atoms with Crippen molar-refractivity contribution in [2.45, 2.75) is 19.9 Å². The third-order valence-corrected chi connectivity index (χ3v) is 2.71. The fraction of sp³-hybridized carbons (Fsp3) is 0.333. The van der Waals surface area contributed by atoms with Gasteiger partial charge in [0.25, 0.3) is 0 Å². The van der Waals surface area contributed by atoms with Crippen molar-refractivity contribution in [3.63, 3.8) is 0 Å². The third kappa shape index (κ3) is 3.53. The summed E-state index contributed by atoms with van der Waals surface area (Å²) in [6.07, 6.45) is 5.94. The molecule has 0 fully saturated rings. The van der Waals surface area contributed by atoms with Crippen LogP contribution in [0, 0.1) is 19.3 Å². The van der Waals surface area contributed by atoms with Gasteiger partial charge in [0.1, 0.15) is 0 Å². The van der Waals surface area contributed by atoms with Crippen molar-refractivity contribution >= 4 is 15.9 Å². The third-order valence-electron chi connectivity index (χ3n) is 1.97. The lowest BCUT2D eigenvalue weighted by Crippen LogP contribution is -2.14. The van der Waals surface area contributed by atoms with E-state index in [1.807, 2.05) is 0 Å². The van der Waals surface area contributed by atoms with E-state index in [1.165, 1.54) is 11.1 Å². The highest BCUT2D eigenvalue weighted by Crippen LogP contribution is 2.17. The van der Waals surface area contributed by atoms with Crippen molar-refractivity contribution in [1.29, 1.82) is 0 Å². The predicted molar refractivity (Wildman–Crippen MR) is 64.0 cm³/mol. The minimum Gasteiger partial charge on any atom is -0.312 e. The standard InChI is InChI=1S/C12H14BrN/c1-3-4-7-14-9-11-6-5-10(2)8-12(11)13/h1,5-6,8,14H,4,7,9H2,2H3. The molecule has 14 heavy (non-hydrogen) atoms. The Labute approximate surface area is 94.0 Å². The van der Waals surface area contributed by atoms with Gasteiger partial charge in [-0.3, -0.25) is 0 Å². The molecule has 0 aromatic heterocycles. The number of halogens is 1. The highest BCUT2D eigenvalue weighted by molar-refractivity contribution is 9.10. The Morgan fingerprint density at radius 3 is 2.93 bits per heavy atom. The van der Waals surface area contributed by atoms with Crippen molar-refractivity contribution in [3.8, 4) is 12.3 Å². The van der Waals surface area contributed by atoms with E-state index in [2.05, 4.69) is 52.3 Å². The summed E-state index contributed by atoms with van der Waals surface area (Å²) in [5.74, 6) is 2.60. The van der Waals surface area contributed by atoms with Gasteiger partial charge in [0.15, 0.2) is 0 Å². The number of rotatable bonds is 4. The molecule has 0 aliphatic rings. The summed E-state index contributed by atoms with van der Waals surface area (Å²) < 4.78 is 1.16. The van der Waals surface area contributed by atoms with Crippen molar-refractivity contribution in [2.24, 2.45) is 0 Å². The molecule has 2 heteroatoms. The predicted octanol–water partition coefficient (Wildman–Crippen LogP) is 2.87. The normalized spacial score (nSPS) is 9.79. The molecule has 1 N–H and O–H groups in total. The zero-order chi connectivity index (χ0) is 10.4. The molecule has 1 rings (SSSR count). The van der Waals surface area contributed by atoms with Gasteiger partial charge in [-0.05, 0) is 24.1 Å². The van der Waals surface area contributed by atoms with E-state index >= 15 is 0 Å². The average molecular weight is 252 g/mol. The van der Waals surface area contributed by atoms with Gasteiger partial charge in [0, 0.05) is 24.0 Å². The van der Waals surface area contributed by atoms with E-state index in [4.69, 9.17) is 6.42 Å². The topological polar surface area (TPSA) is 12.0 Å². The minimum absolute atomic E-state index is 0.781. The smallest absolute Gasteiger partial charge is 0.0222 e. The van der Waals surface area contributed by atoms with Gasteiger partial charge in [-0.2, -0.15) is 0 Å². The van der Waals surface area contributed by atoms with Crippen molar-refractivity contribution in [2.75, 3.05) is 6.54 Å². The van der Waals surface area contributed by atoms with Crippen LogP contribution in [-0.4, -0.2) is 6.54 Å². The Bertz CT molecular complexity index is 339. The van der Waals surface area contributed by atoms with Crippen LogP contribution in [0.3, 0.4) is 0 Å². The van der Waals surface area contributed by atoms with Gasteiger partial charge in [-0.1, -0.05) is 28.1 Å². The first-order chi connectivity index (χ1) is 6.74. The highest BCUT2D eigenvalue weighted by Gasteiger charge is 1.98. The number of benzene rings is 1. The van der Waals surface area contributed by atoms with Crippen LogP contribution in [0.5, 0.6) is 0 Å². The summed E-state index contributed by atoms with van der Waals surface area (Å²) in [4.78, 5) is 0. The Hall–Kier alpha value is -0.780. The second-order valence-electron chi connectivity index (χ2n) is 3.23. The Balaban J connectivity index is 2.47. The van der Waals surface area contributed by atoms with E-state index in [9.17, 15) is 0 Å². The Kier molecular flexibility index (Phi) is 4.72. The van der Waals surface area contributed by atoms with E-state index in [1.54, 1.807) is 0 Å². The molecule has 1 aromatic rings. The summed E-state index contributed by atoms with van der Waals surface area (Å²) in [6.45, 7) is 3.82. The molecule has 0 atom stereocenters. The number of hydrogen-bond acceptors (Lipinski definition) is 1. The first-order valence-corrected chi connectivity index (χ1v) is 5.42. The molecule has 0 spiro atoms. The lowest BCUT2D eigenvalue weighted by atomic mass is 10.1. The van der Waals surface area contributed by atoms with Gasteiger partial charge < -0.3 is 5.32 Å². The molecular formula is C12H14BrN. The lowest BCUT2D eigenvalue weighted by molar-refractivity contribution is 0.699. The Morgan fingerprint density at radius 2 is 2.29 bits per heavy atom. The van der Waals surface area contributed by atoms with Gasteiger partial charge in [-0.15, -0.1) is 12.3 Å². The van der Waals surface area contributed by atoms with Crippen molar-refractivity contribution in [3.05, 3.63) is 33.8 Å². The zero-order valence-electron chi connectivity index (χ0n) is 8.31. The lowest BCUT2D eigenvalue weighted by Gasteiger charge is -2.06. The second kappa shape index (κ2) is 5.85. The molecule has 0 unspecified atom stereocenters. The van der Waals surface area contributed by atoms with Crippen LogP contribution in [0.2, 0.25) is 0 Å². The largest absolute Gasteiger partial charge is 0.312 e. The number of nitrogens with one attached hydrogen (secondary N) is 1. The van der Waals surface area contributed by atoms with Gasteiger partial charge in [0.2, 0.25) is 0 Å².